The minimum Gasteiger partial charge on any atom is -0.381 e. The molecule has 0 aromatic carbocycles. The summed E-state index contributed by atoms with van der Waals surface area (Å²) in [4.78, 5) is 11.6. The van der Waals surface area contributed by atoms with Gasteiger partial charge in [-0.2, -0.15) is 0 Å². The third-order valence-electron chi connectivity index (χ3n) is 3.02. The van der Waals surface area contributed by atoms with E-state index in [9.17, 15) is 4.79 Å². The van der Waals surface area contributed by atoms with Crippen LogP contribution in [0.15, 0.2) is 6.33 Å². The van der Waals surface area contributed by atoms with E-state index in [-0.39, 0.29) is 6.03 Å². The number of nitrogens with one attached hydrogen (secondary N) is 2. The van der Waals surface area contributed by atoms with Gasteiger partial charge in [0.1, 0.15) is 6.33 Å². The predicted molar refractivity (Wildman–Crippen MR) is 64.9 cm³/mol. The molecule has 2 N–H and O–H groups in total. The van der Waals surface area contributed by atoms with E-state index in [1.54, 1.807) is 6.33 Å². The summed E-state index contributed by atoms with van der Waals surface area (Å²) in [6.07, 6.45) is 2.68. The van der Waals surface area contributed by atoms with E-state index in [1.165, 1.54) is 0 Å². The first-order valence-corrected chi connectivity index (χ1v) is 6.25. The molecule has 7 nitrogen and oxygen atoms in total. The van der Waals surface area contributed by atoms with E-state index < -0.39 is 0 Å². The largest absolute Gasteiger partial charge is 0.381 e. The molecule has 0 unspecified atom stereocenters. The van der Waals surface area contributed by atoms with Gasteiger partial charge in [-0.25, -0.2) is 4.79 Å². The summed E-state index contributed by atoms with van der Waals surface area (Å²) in [5.74, 6) is 1.20. The van der Waals surface area contributed by atoms with Crippen LogP contribution in [0.25, 0.3) is 0 Å². The smallest absolute Gasteiger partial charge is 0.315 e. The summed E-state index contributed by atoms with van der Waals surface area (Å²) in [6.45, 7) is 5.39. The molecule has 18 heavy (non-hydrogen) atoms. The monoisotopic (exact) mass is 253 g/mol. The van der Waals surface area contributed by atoms with Gasteiger partial charge in [0.15, 0.2) is 5.82 Å². The normalized spacial score (nSPS) is 18.8. The number of aryl methyl sites for hydroxylation is 1. The number of rotatable bonds is 5. The Balaban J connectivity index is 1.68. The van der Waals surface area contributed by atoms with Crippen molar-refractivity contribution < 1.29 is 9.53 Å². The number of amides is 2. The zero-order valence-corrected chi connectivity index (χ0v) is 10.6. The number of hydrogen-bond donors (Lipinski definition) is 2. The van der Waals surface area contributed by atoms with Crippen molar-refractivity contribution in [3.05, 3.63) is 12.2 Å². The third kappa shape index (κ3) is 3.43. The highest BCUT2D eigenvalue weighted by Gasteiger charge is 2.16. The first-order valence-electron chi connectivity index (χ1n) is 6.25. The number of nitrogens with zero attached hydrogens (tertiary/aromatic N) is 3. The number of aromatic nitrogens is 3. The molecule has 100 valence electrons. The summed E-state index contributed by atoms with van der Waals surface area (Å²) >= 11 is 0. The van der Waals surface area contributed by atoms with Crippen LogP contribution >= 0.6 is 0 Å². The van der Waals surface area contributed by atoms with Crippen molar-refractivity contribution in [2.75, 3.05) is 19.8 Å². The van der Waals surface area contributed by atoms with Crippen LogP contribution in [0.5, 0.6) is 0 Å². The van der Waals surface area contributed by atoms with Crippen molar-refractivity contribution in [1.29, 1.82) is 0 Å². The first-order chi connectivity index (χ1) is 8.79. The maximum Gasteiger partial charge on any atom is 0.315 e. The molecule has 1 aromatic rings. The minimum atomic E-state index is -0.174. The van der Waals surface area contributed by atoms with Crippen LogP contribution in [0, 0.1) is 5.92 Å². The van der Waals surface area contributed by atoms with E-state index in [0.29, 0.717) is 19.0 Å². The highest BCUT2D eigenvalue weighted by Crippen LogP contribution is 2.10. The van der Waals surface area contributed by atoms with E-state index in [0.717, 1.165) is 32.0 Å². The van der Waals surface area contributed by atoms with Crippen LogP contribution in [-0.4, -0.2) is 40.6 Å². The average molecular weight is 253 g/mol. The summed E-state index contributed by atoms with van der Waals surface area (Å²) in [5.41, 5.74) is 0. The molecular weight excluding hydrogens is 234 g/mol. The topological polar surface area (TPSA) is 81.1 Å². The van der Waals surface area contributed by atoms with Crippen LogP contribution in [0.4, 0.5) is 4.79 Å². The van der Waals surface area contributed by atoms with Gasteiger partial charge in [-0.15, -0.1) is 10.2 Å². The zero-order chi connectivity index (χ0) is 12.8. The van der Waals surface area contributed by atoms with Crippen molar-refractivity contribution in [3.63, 3.8) is 0 Å². The molecule has 1 aliphatic heterocycles. The molecule has 0 bridgehead atoms. The molecule has 2 rings (SSSR count). The maximum absolute atomic E-state index is 11.6. The quantitative estimate of drug-likeness (QED) is 0.781. The SMILES string of the molecule is CCn1cnnc1CNC(=O)NC[C@@H]1CCOC1. The van der Waals surface area contributed by atoms with Gasteiger partial charge < -0.3 is 19.9 Å². The molecule has 1 aromatic heterocycles. The van der Waals surface area contributed by atoms with Crippen LogP contribution in [0.1, 0.15) is 19.2 Å². The fourth-order valence-corrected chi connectivity index (χ4v) is 1.88. The van der Waals surface area contributed by atoms with Gasteiger partial charge >= 0.3 is 6.03 Å². The number of carbonyl (C=O) groups is 1. The maximum atomic E-state index is 11.6. The lowest BCUT2D eigenvalue weighted by molar-refractivity contribution is 0.185. The second kappa shape index (κ2) is 6.34. The zero-order valence-electron chi connectivity index (χ0n) is 10.6. The van der Waals surface area contributed by atoms with Crippen molar-refractivity contribution >= 4 is 6.03 Å². The van der Waals surface area contributed by atoms with Gasteiger partial charge in [0.05, 0.1) is 13.2 Å². The molecule has 1 atom stereocenters. The molecule has 0 saturated carbocycles. The van der Waals surface area contributed by atoms with Crippen molar-refractivity contribution in [1.82, 2.24) is 25.4 Å². The molecule has 1 aliphatic rings. The molecular formula is C11H19N5O2. The Hall–Kier alpha value is -1.63. The Morgan fingerprint density at radius 3 is 3.22 bits per heavy atom. The Morgan fingerprint density at radius 1 is 1.61 bits per heavy atom. The molecule has 0 aliphatic carbocycles. The van der Waals surface area contributed by atoms with E-state index in [1.807, 2.05) is 11.5 Å². The Morgan fingerprint density at radius 2 is 2.50 bits per heavy atom. The lowest BCUT2D eigenvalue weighted by Crippen LogP contribution is -2.38. The molecule has 1 saturated heterocycles. The van der Waals surface area contributed by atoms with Gasteiger partial charge in [-0.3, -0.25) is 0 Å². The van der Waals surface area contributed by atoms with E-state index in [2.05, 4.69) is 20.8 Å². The molecule has 2 heterocycles. The second-order valence-electron chi connectivity index (χ2n) is 4.33. The Labute approximate surface area is 106 Å². The minimum absolute atomic E-state index is 0.174. The standard InChI is InChI=1S/C11H19N5O2/c1-2-16-8-14-15-10(16)6-13-11(17)12-5-9-3-4-18-7-9/h8-9H,2-7H2,1H3,(H2,12,13,17)/t9-/m0/s1. The summed E-state index contributed by atoms with van der Waals surface area (Å²) in [6, 6.07) is -0.174. The molecule has 1 fully saturated rings. The summed E-state index contributed by atoms with van der Waals surface area (Å²) < 4.78 is 7.14. The van der Waals surface area contributed by atoms with Crippen LogP contribution in [0.2, 0.25) is 0 Å². The molecule has 7 heteroatoms. The number of ether oxygens (including phenoxy) is 1. The van der Waals surface area contributed by atoms with Crippen molar-refractivity contribution in [3.8, 4) is 0 Å². The summed E-state index contributed by atoms with van der Waals surface area (Å²) in [7, 11) is 0. The Kier molecular flexibility index (Phi) is 4.52. The lowest BCUT2D eigenvalue weighted by Gasteiger charge is -2.10. The average Bonchev–Trinajstić information content (AvgIpc) is 3.04. The van der Waals surface area contributed by atoms with Crippen molar-refractivity contribution in [2.45, 2.75) is 26.4 Å². The van der Waals surface area contributed by atoms with Gasteiger partial charge in [0.2, 0.25) is 0 Å². The highest BCUT2D eigenvalue weighted by atomic mass is 16.5. The number of urea groups is 1. The summed E-state index contributed by atoms with van der Waals surface area (Å²) in [5, 5.41) is 13.4. The second-order valence-corrected chi connectivity index (χ2v) is 4.33. The Bertz CT molecular complexity index is 387. The van der Waals surface area contributed by atoms with E-state index in [4.69, 9.17) is 4.74 Å². The number of hydrogen-bond acceptors (Lipinski definition) is 4. The molecule has 2 amide bonds. The number of carbonyl (C=O) groups excluding carboxylic acids is 1. The van der Waals surface area contributed by atoms with Crippen LogP contribution < -0.4 is 10.6 Å². The molecule has 0 radical (unpaired) electrons. The highest BCUT2D eigenvalue weighted by molar-refractivity contribution is 5.73. The van der Waals surface area contributed by atoms with Gasteiger partial charge in [-0.1, -0.05) is 0 Å². The van der Waals surface area contributed by atoms with Gasteiger partial charge in [0.25, 0.3) is 0 Å². The van der Waals surface area contributed by atoms with Crippen LogP contribution in [-0.2, 0) is 17.8 Å². The fourth-order valence-electron chi connectivity index (χ4n) is 1.88. The molecule has 0 spiro atoms. The lowest BCUT2D eigenvalue weighted by atomic mass is 10.1. The van der Waals surface area contributed by atoms with Crippen LogP contribution in [0.3, 0.4) is 0 Å². The first kappa shape index (κ1) is 12.8. The van der Waals surface area contributed by atoms with E-state index >= 15 is 0 Å². The predicted octanol–water partition coefficient (Wildman–Crippen LogP) is 0.134. The third-order valence-corrected chi connectivity index (χ3v) is 3.02. The fraction of sp³-hybridized carbons (Fsp3) is 0.727. The van der Waals surface area contributed by atoms with Crippen molar-refractivity contribution in [2.24, 2.45) is 5.92 Å². The van der Waals surface area contributed by atoms with Gasteiger partial charge in [-0.05, 0) is 13.3 Å². The van der Waals surface area contributed by atoms with Gasteiger partial charge in [0, 0.05) is 25.6 Å².